The molecule has 5 nitrogen and oxygen atoms in total. The molecule has 2 aliphatic rings. The fraction of sp³-hybridized carbons (Fsp3) is 0.333. The first kappa shape index (κ1) is 21.9. The van der Waals surface area contributed by atoms with E-state index >= 15 is 0 Å². The molecule has 1 aromatic rings. The minimum absolute atomic E-state index is 0.00675. The number of amides is 2. The van der Waals surface area contributed by atoms with Gasteiger partial charge < -0.3 is 5.32 Å². The minimum atomic E-state index is -0.378. The number of thiocarbonyl (C=S) groups is 1. The Labute approximate surface area is 189 Å². The van der Waals surface area contributed by atoms with E-state index in [0.29, 0.717) is 35.4 Å². The van der Waals surface area contributed by atoms with Crippen molar-refractivity contribution in [2.24, 2.45) is 10.9 Å². The number of unbranched alkanes of at least 4 members (excludes halogenated alkanes) is 2. The van der Waals surface area contributed by atoms with E-state index in [1.807, 2.05) is 36.4 Å². The number of halogens is 2. The van der Waals surface area contributed by atoms with E-state index < -0.39 is 0 Å². The predicted octanol–water partition coefficient (Wildman–Crippen LogP) is 4.55. The number of hydrogen-bond donors (Lipinski definition) is 1. The average Bonchev–Trinajstić information content (AvgIpc) is 2.70. The van der Waals surface area contributed by atoms with Crippen LogP contribution >= 0.6 is 39.7 Å². The molecule has 29 heavy (non-hydrogen) atoms. The van der Waals surface area contributed by atoms with Crippen molar-refractivity contribution in [2.45, 2.75) is 32.2 Å². The Morgan fingerprint density at radius 3 is 2.83 bits per heavy atom. The summed E-state index contributed by atoms with van der Waals surface area (Å²) in [5, 5.41) is 3.85. The summed E-state index contributed by atoms with van der Waals surface area (Å²) in [4.78, 5) is 30.7. The third-order valence-corrected chi connectivity index (χ3v) is 5.97. The quantitative estimate of drug-likeness (QED) is 0.426. The van der Waals surface area contributed by atoms with E-state index in [4.69, 9.17) is 23.8 Å². The molecule has 0 aromatic heterocycles. The molecule has 2 amide bonds. The molecule has 0 saturated carbocycles. The van der Waals surface area contributed by atoms with Crippen LogP contribution in [-0.2, 0) is 16.1 Å². The molecule has 1 heterocycles. The summed E-state index contributed by atoms with van der Waals surface area (Å²) in [5.41, 5.74) is 1.59. The van der Waals surface area contributed by atoms with Gasteiger partial charge in [0, 0.05) is 29.0 Å². The number of aliphatic imine (C=N–C) groups is 1. The van der Waals surface area contributed by atoms with E-state index in [1.165, 1.54) is 0 Å². The second kappa shape index (κ2) is 10.3. The van der Waals surface area contributed by atoms with Crippen LogP contribution < -0.4 is 5.32 Å². The van der Waals surface area contributed by atoms with E-state index in [2.05, 4.69) is 26.2 Å². The lowest BCUT2D eigenvalue weighted by Crippen LogP contribution is -2.46. The van der Waals surface area contributed by atoms with Crippen LogP contribution in [0, 0.1) is 5.92 Å². The third-order valence-electron chi connectivity index (χ3n) is 4.76. The molecule has 0 fully saturated rings. The average molecular weight is 495 g/mol. The molecular weight excluding hydrogens is 474 g/mol. The normalized spacial score (nSPS) is 18.3. The van der Waals surface area contributed by atoms with Gasteiger partial charge in [0.05, 0.1) is 5.71 Å². The van der Waals surface area contributed by atoms with Gasteiger partial charge in [-0.05, 0) is 48.8 Å². The maximum Gasteiger partial charge on any atom is 0.241 e. The van der Waals surface area contributed by atoms with Gasteiger partial charge in [-0.1, -0.05) is 58.2 Å². The number of hydrogen-bond acceptors (Lipinski definition) is 3. The number of nitrogens with zero attached hydrogens (tertiary/aromatic N) is 2. The number of fused-ring (bicyclic) bond motifs is 1. The number of rotatable bonds is 8. The summed E-state index contributed by atoms with van der Waals surface area (Å²) in [6.07, 6.45) is 8.30. The van der Waals surface area contributed by atoms with Crippen LogP contribution in [0.25, 0.3) is 0 Å². The minimum Gasteiger partial charge on any atom is -0.352 e. The van der Waals surface area contributed by atoms with Gasteiger partial charge in [-0.25, -0.2) is 4.99 Å². The summed E-state index contributed by atoms with van der Waals surface area (Å²) in [6, 6.07) is 7.45. The zero-order valence-corrected chi connectivity index (χ0v) is 18.9. The Bertz CT molecular complexity index is 913. The predicted molar refractivity (Wildman–Crippen MR) is 123 cm³/mol. The molecular formula is C21H21BrClN3O2S. The van der Waals surface area contributed by atoms with Gasteiger partial charge in [0.1, 0.15) is 5.92 Å². The van der Waals surface area contributed by atoms with Crippen LogP contribution in [0.1, 0.15) is 31.2 Å². The second-order valence-corrected chi connectivity index (χ2v) is 8.54. The van der Waals surface area contributed by atoms with Gasteiger partial charge in [0.2, 0.25) is 16.9 Å². The highest BCUT2D eigenvalue weighted by Crippen LogP contribution is 2.25. The van der Waals surface area contributed by atoms with Crippen molar-refractivity contribution in [2.75, 3.05) is 6.54 Å². The van der Waals surface area contributed by atoms with Crippen LogP contribution in [0.5, 0.6) is 0 Å². The fourth-order valence-electron chi connectivity index (χ4n) is 3.17. The standard InChI is InChI=1S/C21H21BrClN3O2S/c22-15-9-10-18-16(12-15)20(28)26(21(29)25-18)11-5-1-2-8-19(27)24-13-14-6-3-4-7-17(14)23/h3-4,6-7,9-10,12,16H,1-2,5,8,11,13H2,(H,24,27). The van der Waals surface area contributed by atoms with Crippen molar-refractivity contribution in [1.82, 2.24) is 10.2 Å². The molecule has 0 saturated heterocycles. The van der Waals surface area contributed by atoms with Gasteiger partial charge in [-0.15, -0.1) is 0 Å². The number of allylic oxidation sites excluding steroid dienone is 3. The molecule has 3 rings (SSSR count). The van der Waals surface area contributed by atoms with Crippen LogP contribution in [0.4, 0.5) is 0 Å². The first-order valence-electron chi connectivity index (χ1n) is 9.45. The van der Waals surface area contributed by atoms with Crippen LogP contribution in [0.2, 0.25) is 5.02 Å². The smallest absolute Gasteiger partial charge is 0.241 e. The topological polar surface area (TPSA) is 61.8 Å². The van der Waals surface area contributed by atoms with E-state index in [-0.39, 0.29) is 17.7 Å². The van der Waals surface area contributed by atoms with Gasteiger partial charge >= 0.3 is 0 Å². The summed E-state index contributed by atoms with van der Waals surface area (Å²) in [6.45, 7) is 0.940. The van der Waals surface area contributed by atoms with Crippen molar-refractivity contribution in [3.63, 3.8) is 0 Å². The number of benzene rings is 1. The van der Waals surface area contributed by atoms with Gasteiger partial charge in [0.25, 0.3) is 0 Å². The lowest BCUT2D eigenvalue weighted by Gasteiger charge is -2.30. The monoisotopic (exact) mass is 493 g/mol. The van der Waals surface area contributed by atoms with E-state index in [0.717, 1.165) is 29.3 Å². The zero-order chi connectivity index (χ0) is 20.8. The highest BCUT2D eigenvalue weighted by Gasteiger charge is 2.34. The molecule has 152 valence electrons. The van der Waals surface area contributed by atoms with E-state index in [9.17, 15) is 9.59 Å². The first-order chi connectivity index (χ1) is 14.0. The Kier molecular flexibility index (Phi) is 7.75. The molecule has 1 atom stereocenters. The van der Waals surface area contributed by atoms with Gasteiger partial charge in [0.15, 0.2) is 0 Å². The van der Waals surface area contributed by atoms with Crippen LogP contribution in [0.15, 0.2) is 52.0 Å². The Morgan fingerprint density at radius 1 is 1.24 bits per heavy atom. The van der Waals surface area contributed by atoms with Crippen molar-refractivity contribution in [1.29, 1.82) is 0 Å². The van der Waals surface area contributed by atoms with Crippen molar-refractivity contribution in [3.8, 4) is 0 Å². The molecule has 1 aliphatic carbocycles. The summed E-state index contributed by atoms with van der Waals surface area (Å²) < 4.78 is 0.866. The largest absolute Gasteiger partial charge is 0.352 e. The lowest BCUT2D eigenvalue weighted by atomic mass is 9.95. The Hall–Kier alpha value is -1.83. The maximum atomic E-state index is 12.7. The molecule has 1 aromatic carbocycles. The molecule has 8 heteroatoms. The number of carbonyl (C=O) groups is 2. The molecule has 0 spiro atoms. The van der Waals surface area contributed by atoms with Crippen molar-refractivity contribution >= 4 is 62.4 Å². The third kappa shape index (κ3) is 5.84. The fourth-order valence-corrected chi connectivity index (χ4v) is 4.05. The molecule has 1 unspecified atom stereocenters. The van der Waals surface area contributed by atoms with Crippen LogP contribution in [-0.4, -0.2) is 34.1 Å². The van der Waals surface area contributed by atoms with Gasteiger partial charge in [-0.3, -0.25) is 14.5 Å². The SMILES string of the molecule is O=C(CCCCCN1C(=O)C2C=C(Br)C=CC2=NC1=S)NCc1ccccc1Cl. The Balaban J connectivity index is 1.38. The highest BCUT2D eigenvalue weighted by atomic mass is 79.9. The van der Waals surface area contributed by atoms with E-state index in [1.54, 1.807) is 11.0 Å². The first-order valence-corrected chi connectivity index (χ1v) is 11.0. The van der Waals surface area contributed by atoms with Crippen LogP contribution in [0.3, 0.4) is 0 Å². The molecule has 0 radical (unpaired) electrons. The zero-order valence-electron chi connectivity index (χ0n) is 15.7. The molecule has 0 bridgehead atoms. The second-order valence-electron chi connectivity index (χ2n) is 6.85. The molecule has 1 N–H and O–H groups in total. The highest BCUT2D eigenvalue weighted by molar-refractivity contribution is 9.11. The number of nitrogens with one attached hydrogen (secondary N) is 1. The molecule has 1 aliphatic heterocycles. The van der Waals surface area contributed by atoms with Gasteiger partial charge in [-0.2, -0.15) is 0 Å². The number of carbonyl (C=O) groups excluding carboxylic acids is 2. The summed E-state index contributed by atoms with van der Waals surface area (Å²) >= 11 is 14.8. The van der Waals surface area contributed by atoms with Crippen molar-refractivity contribution < 1.29 is 9.59 Å². The summed E-state index contributed by atoms with van der Waals surface area (Å²) in [7, 11) is 0. The summed E-state index contributed by atoms with van der Waals surface area (Å²) in [5.74, 6) is -0.428. The van der Waals surface area contributed by atoms with Crippen molar-refractivity contribution in [3.05, 3.63) is 57.6 Å². The Morgan fingerprint density at radius 2 is 2.03 bits per heavy atom. The maximum absolute atomic E-state index is 12.7. The lowest BCUT2D eigenvalue weighted by molar-refractivity contribution is -0.128.